The highest BCUT2D eigenvalue weighted by molar-refractivity contribution is 6.05. The van der Waals surface area contributed by atoms with Crippen LogP contribution in [0.5, 0.6) is 0 Å². The molecule has 158 valence electrons. The van der Waals surface area contributed by atoms with Gasteiger partial charge in [0.05, 0.1) is 11.8 Å². The standard InChI is InChI=1S/C23H29N5O2/c1-27-8-10-28(11-9-27)13-15-2-7-18-19(12-15)23(30)26-22-20(18)21(24-14-25-22)16-3-5-17(29)6-4-16/h2,7,12,14,16-17,29H,3-6,8-11,13H2,1H3,(H,24,25,26,30). The van der Waals surface area contributed by atoms with Gasteiger partial charge in [-0.2, -0.15) is 0 Å². The molecule has 0 atom stereocenters. The van der Waals surface area contributed by atoms with Gasteiger partial charge in [0.25, 0.3) is 5.56 Å². The van der Waals surface area contributed by atoms with Crippen molar-refractivity contribution in [2.24, 2.45) is 0 Å². The highest BCUT2D eigenvalue weighted by Crippen LogP contribution is 2.36. The number of hydrogen-bond acceptors (Lipinski definition) is 6. The summed E-state index contributed by atoms with van der Waals surface area (Å²) >= 11 is 0. The monoisotopic (exact) mass is 407 g/mol. The number of likely N-dealkylation sites (N-methyl/N-ethyl adjacent to an activating group) is 1. The van der Waals surface area contributed by atoms with E-state index in [1.807, 2.05) is 6.07 Å². The molecule has 1 aliphatic carbocycles. The second-order valence-corrected chi connectivity index (χ2v) is 8.90. The van der Waals surface area contributed by atoms with Crippen LogP contribution in [0.4, 0.5) is 0 Å². The van der Waals surface area contributed by atoms with Gasteiger partial charge in [-0.3, -0.25) is 9.69 Å². The first-order chi connectivity index (χ1) is 14.6. The third kappa shape index (κ3) is 3.73. The summed E-state index contributed by atoms with van der Waals surface area (Å²) in [6.07, 6.45) is 4.76. The van der Waals surface area contributed by atoms with E-state index in [0.29, 0.717) is 11.0 Å². The molecule has 3 aromatic rings. The molecule has 0 amide bonds. The lowest BCUT2D eigenvalue weighted by Gasteiger charge is -2.32. The molecule has 1 aliphatic heterocycles. The molecule has 7 nitrogen and oxygen atoms in total. The molecular weight excluding hydrogens is 378 g/mol. The second-order valence-electron chi connectivity index (χ2n) is 8.90. The van der Waals surface area contributed by atoms with E-state index in [2.05, 4.69) is 43.9 Å². The highest BCUT2D eigenvalue weighted by atomic mass is 16.3. The van der Waals surface area contributed by atoms with Gasteiger partial charge in [-0.15, -0.1) is 0 Å². The number of nitrogens with one attached hydrogen (secondary N) is 1. The lowest BCUT2D eigenvalue weighted by molar-refractivity contribution is 0.122. The summed E-state index contributed by atoms with van der Waals surface area (Å²) < 4.78 is 0. The molecule has 2 N–H and O–H groups in total. The molecule has 0 spiro atoms. The number of pyridine rings is 1. The number of rotatable bonds is 3. The highest BCUT2D eigenvalue weighted by Gasteiger charge is 2.25. The minimum atomic E-state index is -0.206. The van der Waals surface area contributed by atoms with E-state index < -0.39 is 0 Å². The topological polar surface area (TPSA) is 85.4 Å². The van der Waals surface area contributed by atoms with Gasteiger partial charge in [-0.1, -0.05) is 12.1 Å². The maximum absolute atomic E-state index is 12.8. The Hall–Kier alpha value is -2.35. The number of hydrogen-bond donors (Lipinski definition) is 2. The van der Waals surface area contributed by atoms with E-state index in [0.717, 1.165) is 80.4 Å². The normalized spacial score (nSPS) is 23.9. The smallest absolute Gasteiger partial charge is 0.257 e. The summed E-state index contributed by atoms with van der Waals surface area (Å²) in [6, 6.07) is 6.25. The zero-order valence-electron chi connectivity index (χ0n) is 17.5. The van der Waals surface area contributed by atoms with Crippen LogP contribution >= 0.6 is 0 Å². The Kier molecular flexibility index (Phi) is 5.26. The quantitative estimate of drug-likeness (QED) is 0.648. The van der Waals surface area contributed by atoms with E-state index in [9.17, 15) is 9.90 Å². The Balaban J connectivity index is 1.54. The van der Waals surface area contributed by atoms with Gasteiger partial charge in [0.1, 0.15) is 12.0 Å². The van der Waals surface area contributed by atoms with E-state index >= 15 is 0 Å². The maximum atomic E-state index is 12.8. The molecule has 7 heteroatoms. The predicted molar refractivity (Wildman–Crippen MR) is 118 cm³/mol. The molecule has 0 radical (unpaired) electrons. The van der Waals surface area contributed by atoms with Crippen LogP contribution in [0, 0.1) is 0 Å². The van der Waals surface area contributed by atoms with Crippen LogP contribution in [0.25, 0.3) is 21.8 Å². The average molecular weight is 408 g/mol. The van der Waals surface area contributed by atoms with E-state index in [1.165, 1.54) is 0 Å². The third-order valence-electron chi connectivity index (χ3n) is 6.79. The molecule has 30 heavy (non-hydrogen) atoms. The number of aromatic nitrogens is 3. The predicted octanol–water partition coefficient (Wildman–Crippen LogP) is 2.24. The van der Waals surface area contributed by atoms with Gasteiger partial charge >= 0.3 is 0 Å². The van der Waals surface area contributed by atoms with Crippen LogP contribution < -0.4 is 5.56 Å². The number of H-pyrrole nitrogens is 1. The van der Waals surface area contributed by atoms with Crippen LogP contribution in [0.1, 0.15) is 42.9 Å². The van der Waals surface area contributed by atoms with Crippen molar-refractivity contribution in [1.29, 1.82) is 0 Å². The molecule has 2 aliphatic rings. The van der Waals surface area contributed by atoms with Gasteiger partial charge < -0.3 is 15.0 Å². The maximum Gasteiger partial charge on any atom is 0.257 e. The van der Waals surface area contributed by atoms with Crippen molar-refractivity contribution in [3.8, 4) is 0 Å². The van der Waals surface area contributed by atoms with Gasteiger partial charge in [0.15, 0.2) is 0 Å². The largest absolute Gasteiger partial charge is 0.393 e. The van der Waals surface area contributed by atoms with E-state index in [4.69, 9.17) is 0 Å². The first kappa shape index (κ1) is 19.6. The molecule has 3 heterocycles. The number of fused-ring (bicyclic) bond motifs is 3. The summed E-state index contributed by atoms with van der Waals surface area (Å²) in [4.78, 5) is 29.6. The Bertz CT molecular complexity index is 1110. The summed E-state index contributed by atoms with van der Waals surface area (Å²) in [5.74, 6) is 0.290. The van der Waals surface area contributed by atoms with Crippen molar-refractivity contribution in [2.75, 3.05) is 33.2 Å². The number of aliphatic hydroxyl groups is 1. The first-order valence-electron chi connectivity index (χ1n) is 11.0. The fourth-order valence-electron chi connectivity index (χ4n) is 4.95. The van der Waals surface area contributed by atoms with Crippen molar-refractivity contribution >= 4 is 21.8 Å². The van der Waals surface area contributed by atoms with E-state index in [-0.39, 0.29) is 17.6 Å². The Morgan fingerprint density at radius 1 is 1.07 bits per heavy atom. The molecule has 2 aromatic heterocycles. The summed E-state index contributed by atoms with van der Waals surface area (Å²) in [7, 11) is 2.16. The molecule has 1 saturated carbocycles. The summed E-state index contributed by atoms with van der Waals surface area (Å²) in [5, 5.41) is 12.5. The number of benzene rings is 1. The fourth-order valence-corrected chi connectivity index (χ4v) is 4.95. The Morgan fingerprint density at radius 3 is 2.60 bits per heavy atom. The number of piperazine rings is 1. The fraction of sp³-hybridized carbons (Fsp3) is 0.522. The van der Waals surface area contributed by atoms with Crippen LogP contribution in [-0.4, -0.2) is 69.2 Å². The van der Waals surface area contributed by atoms with Gasteiger partial charge in [-0.05, 0) is 49.7 Å². The summed E-state index contributed by atoms with van der Waals surface area (Å²) in [6.45, 7) is 5.12. The molecule has 0 unspecified atom stereocenters. The van der Waals surface area contributed by atoms with Crippen molar-refractivity contribution in [3.63, 3.8) is 0 Å². The second kappa shape index (κ2) is 8.06. The Labute approximate surface area is 175 Å². The van der Waals surface area contributed by atoms with Crippen molar-refractivity contribution in [2.45, 2.75) is 44.2 Å². The third-order valence-corrected chi connectivity index (χ3v) is 6.79. The first-order valence-corrected chi connectivity index (χ1v) is 11.0. The van der Waals surface area contributed by atoms with Crippen LogP contribution in [0.2, 0.25) is 0 Å². The summed E-state index contributed by atoms with van der Waals surface area (Å²) in [5.41, 5.74) is 2.67. The zero-order chi connectivity index (χ0) is 20.7. The van der Waals surface area contributed by atoms with Crippen LogP contribution in [-0.2, 0) is 6.54 Å². The van der Waals surface area contributed by atoms with Crippen molar-refractivity contribution in [1.82, 2.24) is 24.8 Å². The number of nitrogens with zero attached hydrogens (tertiary/aromatic N) is 4. The lowest BCUT2D eigenvalue weighted by Crippen LogP contribution is -2.43. The molecular formula is C23H29N5O2. The van der Waals surface area contributed by atoms with Crippen molar-refractivity contribution in [3.05, 3.63) is 46.1 Å². The minimum Gasteiger partial charge on any atom is -0.393 e. The van der Waals surface area contributed by atoms with Gasteiger partial charge in [-0.25, -0.2) is 9.97 Å². The van der Waals surface area contributed by atoms with E-state index in [1.54, 1.807) is 6.33 Å². The molecule has 0 bridgehead atoms. The van der Waals surface area contributed by atoms with Crippen molar-refractivity contribution < 1.29 is 5.11 Å². The van der Waals surface area contributed by atoms with Gasteiger partial charge in [0.2, 0.25) is 0 Å². The molecule has 5 rings (SSSR count). The zero-order valence-corrected chi connectivity index (χ0v) is 17.5. The van der Waals surface area contributed by atoms with Crippen LogP contribution in [0.3, 0.4) is 0 Å². The Morgan fingerprint density at radius 2 is 1.83 bits per heavy atom. The van der Waals surface area contributed by atoms with Crippen LogP contribution in [0.15, 0.2) is 29.3 Å². The lowest BCUT2D eigenvalue weighted by atomic mass is 9.83. The molecule has 2 fully saturated rings. The van der Waals surface area contributed by atoms with Gasteiger partial charge in [0, 0.05) is 49.4 Å². The number of aliphatic hydroxyl groups excluding tert-OH is 1. The number of aromatic amines is 1. The minimum absolute atomic E-state index is 0.0959. The average Bonchev–Trinajstić information content (AvgIpc) is 2.76. The molecule has 1 aromatic carbocycles. The molecule has 1 saturated heterocycles. The SMILES string of the molecule is CN1CCN(Cc2ccc3c(c2)c(=O)[nH]c2ncnc(C4CCC(O)CC4)c23)CC1.